The van der Waals surface area contributed by atoms with Crippen molar-refractivity contribution in [2.24, 2.45) is 0 Å². The maximum atomic E-state index is 12.6. The van der Waals surface area contributed by atoms with Crippen LogP contribution >= 0.6 is 0 Å². The molecule has 0 spiro atoms. The first-order valence-corrected chi connectivity index (χ1v) is 11.7. The Balaban J connectivity index is 1.82. The molecule has 170 valence electrons. The summed E-state index contributed by atoms with van der Waals surface area (Å²) in [6, 6.07) is 10.7. The number of hydrogen-bond donors (Lipinski definition) is 2. The van der Waals surface area contributed by atoms with Gasteiger partial charge in [0.2, 0.25) is 0 Å². The van der Waals surface area contributed by atoms with E-state index in [1.54, 1.807) is 16.9 Å². The highest BCUT2D eigenvalue weighted by molar-refractivity contribution is 7.92. The Labute approximate surface area is 185 Å². The summed E-state index contributed by atoms with van der Waals surface area (Å²) in [5.41, 5.74) is 5.22. The quantitative estimate of drug-likeness (QED) is 0.403. The average Bonchev–Trinajstić information content (AvgIpc) is 3.09. The Bertz CT molecular complexity index is 1310. The van der Waals surface area contributed by atoms with Gasteiger partial charge in [-0.25, -0.2) is 18.6 Å². The van der Waals surface area contributed by atoms with Crippen molar-refractivity contribution in [1.82, 2.24) is 25.0 Å². The number of hydroxylamine groups is 1. The third-order valence-electron chi connectivity index (χ3n) is 5.80. The average molecular weight is 460 g/mol. The molecule has 3 aromatic rings. The number of carbonyl (C=O) groups is 1. The number of nitrogens with zero attached hydrogens (tertiary/aromatic N) is 4. The summed E-state index contributed by atoms with van der Waals surface area (Å²) in [6.07, 6.45) is 2.29. The Morgan fingerprint density at radius 3 is 2.31 bits per heavy atom. The Hall–Kier alpha value is -3.31. The van der Waals surface area contributed by atoms with Crippen LogP contribution in [0.4, 0.5) is 0 Å². The van der Waals surface area contributed by atoms with Crippen molar-refractivity contribution in [1.29, 1.82) is 0 Å². The maximum absolute atomic E-state index is 12.6. The third kappa shape index (κ3) is 4.34. The molecule has 3 rings (SSSR count). The van der Waals surface area contributed by atoms with Gasteiger partial charge in [-0.15, -0.1) is 5.10 Å². The van der Waals surface area contributed by atoms with Gasteiger partial charge in [-0.2, -0.15) is 0 Å². The summed E-state index contributed by atoms with van der Waals surface area (Å²) in [4.78, 5) is 24.5. The minimum Gasteiger partial charge on any atom is -0.315 e. The molecule has 1 atom stereocenters. The lowest BCUT2D eigenvalue weighted by Gasteiger charge is -2.25. The van der Waals surface area contributed by atoms with Crippen LogP contribution in [-0.2, 0) is 21.2 Å². The molecule has 2 aromatic heterocycles. The first-order valence-electron chi connectivity index (χ1n) is 9.82. The Morgan fingerprint density at radius 1 is 1.16 bits per heavy atom. The summed E-state index contributed by atoms with van der Waals surface area (Å²) < 4.78 is 25.4. The third-order valence-corrected chi connectivity index (χ3v) is 7.82. The highest BCUT2D eigenvalue weighted by Crippen LogP contribution is 2.23. The zero-order valence-corrected chi connectivity index (χ0v) is 19.0. The number of hydrogen-bond acceptors (Lipinski definition) is 7. The number of carbonyl (C=O) groups excluding carboxylic acids is 1. The molecule has 10 nitrogen and oxygen atoms in total. The van der Waals surface area contributed by atoms with Crippen LogP contribution in [0.3, 0.4) is 0 Å². The van der Waals surface area contributed by atoms with Gasteiger partial charge in [0.05, 0.1) is 17.1 Å². The molecule has 1 amide bonds. The van der Waals surface area contributed by atoms with E-state index < -0.39 is 20.5 Å². The van der Waals surface area contributed by atoms with Crippen LogP contribution in [0.1, 0.15) is 24.7 Å². The van der Waals surface area contributed by atoms with Crippen LogP contribution in [0.15, 0.2) is 47.4 Å². The van der Waals surface area contributed by atoms with E-state index in [9.17, 15) is 18.0 Å². The number of sulfone groups is 1. The van der Waals surface area contributed by atoms with Gasteiger partial charge in [-0.05, 0) is 56.5 Å². The monoisotopic (exact) mass is 459 g/mol. The Kier molecular flexibility index (Phi) is 6.33. The van der Waals surface area contributed by atoms with E-state index in [0.717, 1.165) is 28.9 Å². The van der Waals surface area contributed by atoms with Gasteiger partial charge in [-0.3, -0.25) is 14.8 Å². The van der Waals surface area contributed by atoms with Crippen molar-refractivity contribution in [3.63, 3.8) is 0 Å². The minimum absolute atomic E-state index is 0.0139. The van der Waals surface area contributed by atoms with Gasteiger partial charge in [0.1, 0.15) is 0 Å². The van der Waals surface area contributed by atoms with Gasteiger partial charge >= 0.3 is 0 Å². The number of amides is 1. The second-order valence-corrected chi connectivity index (χ2v) is 10.3. The minimum atomic E-state index is -3.84. The maximum Gasteiger partial charge on any atom is 0.264 e. The van der Waals surface area contributed by atoms with Crippen LogP contribution in [-0.4, -0.2) is 50.1 Å². The van der Waals surface area contributed by atoms with Gasteiger partial charge in [-0.1, -0.05) is 17.3 Å². The van der Waals surface area contributed by atoms with E-state index in [4.69, 9.17) is 5.21 Å². The number of nitrogens with one attached hydrogen (secondary N) is 1. The van der Waals surface area contributed by atoms with Crippen LogP contribution in [0.25, 0.3) is 16.8 Å². The van der Waals surface area contributed by atoms with E-state index in [1.165, 1.54) is 23.0 Å². The molecule has 11 heteroatoms. The Morgan fingerprint density at radius 2 is 1.81 bits per heavy atom. The number of rotatable bonds is 7. The molecule has 0 saturated carbocycles. The fourth-order valence-electron chi connectivity index (χ4n) is 3.24. The second kappa shape index (κ2) is 8.67. The molecule has 1 aromatic carbocycles. The van der Waals surface area contributed by atoms with Crippen molar-refractivity contribution in [3.8, 4) is 16.8 Å². The first-order chi connectivity index (χ1) is 15.0. The molecular formula is C21H25N5O5S. The van der Waals surface area contributed by atoms with Gasteiger partial charge < -0.3 is 4.57 Å². The zero-order chi connectivity index (χ0) is 23.7. The number of pyridine rings is 1. The fraction of sp³-hybridized carbons (Fsp3) is 0.333. The standard InChI is InChI=1S/C21H25N5O5S/c1-14-15(2)26(24-22-14)18-7-5-16(6-8-18)17-9-11-25(19(27)13-17)12-10-21(3,20(28)23-29)32(4,30)31/h5-9,11,13,29H,10,12H2,1-4H3,(H,23,28)/t21-/m1/s1. The van der Waals surface area contributed by atoms with Crippen molar-refractivity contribution >= 4 is 15.7 Å². The van der Waals surface area contributed by atoms with E-state index in [2.05, 4.69) is 10.3 Å². The van der Waals surface area contributed by atoms with Gasteiger partial charge in [0.15, 0.2) is 14.6 Å². The van der Waals surface area contributed by atoms with E-state index >= 15 is 0 Å². The molecule has 0 fully saturated rings. The SMILES string of the molecule is Cc1nnn(-c2ccc(-c3ccn(CC[C@](C)(C(=O)NO)S(C)(=O)=O)c(=O)c3)cc2)c1C. The predicted octanol–water partition coefficient (Wildman–Crippen LogP) is 1.41. The van der Waals surface area contributed by atoms with Crippen LogP contribution in [0, 0.1) is 13.8 Å². The number of aryl methyl sites for hydroxylation is 2. The normalized spacial score (nSPS) is 13.5. The zero-order valence-electron chi connectivity index (χ0n) is 18.2. The van der Waals surface area contributed by atoms with Crippen molar-refractivity contribution in [3.05, 3.63) is 64.3 Å². The smallest absolute Gasteiger partial charge is 0.264 e. The largest absolute Gasteiger partial charge is 0.315 e. The van der Waals surface area contributed by atoms with Crippen molar-refractivity contribution in [2.45, 2.75) is 38.5 Å². The van der Waals surface area contributed by atoms with Gasteiger partial charge in [0.25, 0.3) is 11.5 Å². The van der Waals surface area contributed by atoms with Crippen molar-refractivity contribution in [2.75, 3.05) is 6.26 Å². The molecule has 0 radical (unpaired) electrons. The van der Waals surface area contributed by atoms with E-state index in [-0.39, 0.29) is 18.5 Å². The van der Waals surface area contributed by atoms with E-state index in [0.29, 0.717) is 5.56 Å². The number of benzene rings is 1. The summed E-state index contributed by atoms with van der Waals surface area (Å²) in [7, 11) is -3.84. The lowest BCUT2D eigenvalue weighted by Crippen LogP contribution is -2.49. The summed E-state index contributed by atoms with van der Waals surface area (Å²) in [5.74, 6) is -1.04. The lowest BCUT2D eigenvalue weighted by molar-refractivity contribution is -0.131. The van der Waals surface area contributed by atoms with Crippen LogP contribution in [0.2, 0.25) is 0 Å². The molecule has 2 heterocycles. The molecule has 0 unspecified atom stereocenters. The molecule has 0 aliphatic heterocycles. The highest BCUT2D eigenvalue weighted by Gasteiger charge is 2.43. The van der Waals surface area contributed by atoms with Crippen molar-refractivity contribution < 1.29 is 18.4 Å². The topological polar surface area (TPSA) is 136 Å². The van der Waals surface area contributed by atoms with Crippen LogP contribution in [0.5, 0.6) is 0 Å². The van der Waals surface area contributed by atoms with E-state index in [1.807, 2.05) is 38.1 Å². The molecule has 0 saturated heterocycles. The molecule has 0 bridgehead atoms. The molecule has 0 aliphatic carbocycles. The predicted molar refractivity (Wildman–Crippen MR) is 118 cm³/mol. The summed E-state index contributed by atoms with van der Waals surface area (Å²) >= 11 is 0. The molecular weight excluding hydrogens is 434 g/mol. The second-order valence-electron chi connectivity index (χ2n) is 7.86. The summed E-state index contributed by atoms with van der Waals surface area (Å²) in [6.45, 7) is 5.02. The van der Waals surface area contributed by atoms with Gasteiger partial charge in [0, 0.05) is 25.1 Å². The number of aromatic nitrogens is 4. The molecule has 2 N–H and O–H groups in total. The lowest BCUT2D eigenvalue weighted by atomic mass is 10.1. The molecule has 0 aliphatic rings. The fourth-order valence-corrected chi connectivity index (χ4v) is 4.08. The molecule has 32 heavy (non-hydrogen) atoms. The highest BCUT2D eigenvalue weighted by atomic mass is 32.2. The summed E-state index contributed by atoms with van der Waals surface area (Å²) in [5, 5.41) is 17.1. The van der Waals surface area contributed by atoms with Crippen LogP contribution < -0.4 is 11.0 Å². The first kappa shape index (κ1) is 23.4.